The second-order valence-electron chi connectivity index (χ2n) is 9.68. The highest BCUT2D eigenvalue weighted by atomic mass is 32.5. The van der Waals surface area contributed by atoms with Crippen LogP contribution in [0.15, 0.2) is 59.4 Å². The first kappa shape index (κ1) is 27.4. The molecule has 6 rings (SSSR count). The van der Waals surface area contributed by atoms with Crippen molar-refractivity contribution < 1.29 is 32.9 Å². The van der Waals surface area contributed by atoms with E-state index < -0.39 is 18.3 Å². The zero-order valence-corrected chi connectivity index (χ0v) is 24.3. The molecule has 0 bridgehead atoms. The summed E-state index contributed by atoms with van der Waals surface area (Å²) in [6.07, 6.45) is 0.0828. The molecule has 4 aromatic rings. The van der Waals surface area contributed by atoms with E-state index in [9.17, 15) is 14.7 Å². The van der Waals surface area contributed by atoms with Crippen molar-refractivity contribution >= 4 is 35.4 Å². The van der Waals surface area contributed by atoms with Crippen LogP contribution in [0.3, 0.4) is 0 Å². The van der Waals surface area contributed by atoms with Crippen molar-refractivity contribution in [2.45, 2.75) is 39.0 Å². The van der Waals surface area contributed by atoms with Gasteiger partial charge in [-0.2, -0.15) is 0 Å². The first-order chi connectivity index (χ1) is 19.7. The molecule has 2 aromatic carbocycles. The molecular weight excluding hydrogens is 567 g/mol. The van der Waals surface area contributed by atoms with Gasteiger partial charge in [-0.3, -0.25) is 9.32 Å². The number of nitrogens with zero attached hydrogens (tertiary/aromatic N) is 2. The van der Waals surface area contributed by atoms with Gasteiger partial charge < -0.3 is 28.2 Å². The molecular formula is C29H27N2O8PS. The summed E-state index contributed by atoms with van der Waals surface area (Å²) in [4.78, 5) is 30.6. The van der Waals surface area contributed by atoms with Gasteiger partial charge in [-0.15, -0.1) is 0 Å². The smallest absolute Gasteiger partial charge is 0.434 e. The van der Waals surface area contributed by atoms with Crippen LogP contribution in [0.4, 0.5) is 0 Å². The molecule has 41 heavy (non-hydrogen) atoms. The lowest BCUT2D eigenvalue weighted by atomic mass is 9.86. The van der Waals surface area contributed by atoms with Crippen LogP contribution in [-0.2, 0) is 44.6 Å². The van der Waals surface area contributed by atoms with E-state index in [1.807, 2.05) is 13.0 Å². The number of fused-ring (bicyclic) bond motifs is 5. The summed E-state index contributed by atoms with van der Waals surface area (Å²) in [5.41, 5.74) is 1.03. The SMILES string of the molecule is CCOP(=S)(Oc1ccc(OC)cc1)Oc1ccc2nc3c(cc2c1)Cn1c-3cc2c(c1=O)COC(=O)[C@]2(O)CC. The Morgan fingerprint density at radius 2 is 1.76 bits per heavy atom. The Balaban J connectivity index is 1.34. The molecule has 2 aromatic heterocycles. The van der Waals surface area contributed by atoms with Crippen LogP contribution >= 0.6 is 6.72 Å². The van der Waals surface area contributed by atoms with Crippen molar-refractivity contribution in [2.75, 3.05) is 13.7 Å². The topological polar surface area (TPSA) is 118 Å². The number of aromatic nitrogens is 2. The number of rotatable bonds is 8. The largest absolute Gasteiger partial charge is 0.497 e. The van der Waals surface area contributed by atoms with Gasteiger partial charge in [-0.1, -0.05) is 6.92 Å². The molecule has 0 amide bonds. The molecule has 0 spiro atoms. The standard InChI is InChI=1S/C29H27N2O8PS/c1-4-29(34)23-14-25-26-18(15-31(25)27(32)22(23)16-36-28(29)33)12-17-13-21(10-11-24(17)30-26)39-40(41,37-5-2)38-20-8-6-19(35-3)7-9-20/h6-14,34H,4-5,15-16H2,1-3H3/t29-,40?/m0/s1. The van der Waals surface area contributed by atoms with Gasteiger partial charge in [0.2, 0.25) is 0 Å². The lowest BCUT2D eigenvalue weighted by Gasteiger charge is -2.31. The van der Waals surface area contributed by atoms with E-state index in [4.69, 9.17) is 39.8 Å². The summed E-state index contributed by atoms with van der Waals surface area (Å²) in [7, 11) is 1.58. The van der Waals surface area contributed by atoms with E-state index in [-0.39, 0.29) is 29.7 Å². The highest BCUT2D eigenvalue weighted by molar-refractivity contribution is 8.07. The summed E-state index contributed by atoms with van der Waals surface area (Å²) in [6.45, 7) is 0.707. The number of esters is 1. The van der Waals surface area contributed by atoms with Crippen LogP contribution < -0.4 is 19.3 Å². The second-order valence-corrected chi connectivity index (χ2v) is 12.5. The predicted molar refractivity (Wildman–Crippen MR) is 155 cm³/mol. The molecule has 4 heterocycles. The van der Waals surface area contributed by atoms with E-state index in [0.717, 1.165) is 10.9 Å². The molecule has 12 heteroatoms. The zero-order valence-electron chi connectivity index (χ0n) is 22.6. The maximum absolute atomic E-state index is 13.4. The molecule has 2 aliphatic rings. The van der Waals surface area contributed by atoms with Crippen LogP contribution in [0.2, 0.25) is 0 Å². The Kier molecular flexibility index (Phi) is 6.86. The monoisotopic (exact) mass is 594 g/mol. The van der Waals surface area contributed by atoms with E-state index in [0.29, 0.717) is 47.3 Å². The molecule has 0 fully saturated rings. The van der Waals surface area contributed by atoms with Crippen molar-refractivity contribution in [2.24, 2.45) is 0 Å². The number of benzene rings is 2. The molecule has 0 radical (unpaired) electrons. The maximum Gasteiger partial charge on any atom is 0.434 e. The Bertz CT molecular complexity index is 1810. The first-order valence-electron chi connectivity index (χ1n) is 13.1. The first-order valence-corrected chi connectivity index (χ1v) is 15.6. The van der Waals surface area contributed by atoms with Crippen molar-refractivity contribution in [3.05, 3.63) is 81.6 Å². The summed E-state index contributed by atoms with van der Waals surface area (Å²) >= 11 is 5.68. The number of hydrogen-bond acceptors (Lipinski definition) is 10. The highest BCUT2D eigenvalue weighted by Gasteiger charge is 2.45. The third-order valence-corrected chi connectivity index (χ3v) is 9.47. The molecule has 0 saturated heterocycles. The van der Waals surface area contributed by atoms with Crippen LogP contribution in [0.25, 0.3) is 22.3 Å². The predicted octanol–water partition coefficient (Wildman–Crippen LogP) is 4.81. The minimum Gasteiger partial charge on any atom is -0.497 e. The number of carbonyl (C=O) groups excluding carboxylic acids is 1. The van der Waals surface area contributed by atoms with Crippen LogP contribution in [0, 0.1) is 0 Å². The van der Waals surface area contributed by atoms with Crippen molar-refractivity contribution in [3.8, 4) is 28.6 Å². The minimum atomic E-state index is -3.20. The van der Waals surface area contributed by atoms with Gasteiger partial charge in [-0.25, -0.2) is 9.78 Å². The Labute approximate surface area is 240 Å². The van der Waals surface area contributed by atoms with E-state index >= 15 is 0 Å². The Morgan fingerprint density at radius 1 is 1.05 bits per heavy atom. The molecule has 0 saturated carbocycles. The normalized spacial score (nSPS) is 18.6. The van der Waals surface area contributed by atoms with Crippen LogP contribution in [0.1, 0.15) is 37.0 Å². The van der Waals surface area contributed by atoms with Gasteiger partial charge in [0.05, 0.1) is 42.7 Å². The molecule has 2 atom stereocenters. The Hall–Kier alpha value is -3.76. The van der Waals surface area contributed by atoms with Crippen molar-refractivity contribution in [1.29, 1.82) is 0 Å². The van der Waals surface area contributed by atoms with Gasteiger partial charge in [0.1, 0.15) is 23.9 Å². The quantitative estimate of drug-likeness (QED) is 0.198. The fourth-order valence-electron chi connectivity index (χ4n) is 5.14. The number of ether oxygens (including phenoxy) is 2. The molecule has 212 valence electrons. The van der Waals surface area contributed by atoms with Gasteiger partial charge in [0.15, 0.2) is 5.60 Å². The minimum absolute atomic E-state index is 0.0828. The third-order valence-electron chi connectivity index (χ3n) is 7.26. The molecule has 1 N–H and O–H groups in total. The molecule has 1 unspecified atom stereocenters. The average molecular weight is 595 g/mol. The number of pyridine rings is 2. The van der Waals surface area contributed by atoms with Gasteiger partial charge >= 0.3 is 12.7 Å². The summed E-state index contributed by atoms with van der Waals surface area (Å²) in [5, 5.41) is 11.8. The fraction of sp³-hybridized carbons (Fsp3) is 0.276. The summed E-state index contributed by atoms with van der Waals surface area (Å²) in [6, 6.07) is 16.0. The second kappa shape index (κ2) is 10.3. The fourth-order valence-corrected chi connectivity index (χ4v) is 7.19. The number of hydrogen-bond donors (Lipinski definition) is 1. The summed E-state index contributed by atoms with van der Waals surface area (Å²) < 4.78 is 29.8. The van der Waals surface area contributed by atoms with E-state index in [1.165, 1.54) is 0 Å². The maximum atomic E-state index is 13.4. The van der Waals surface area contributed by atoms with Gasteiger partial charge in [0, 0.05) is 28.3 Å². The van der Waals surface area contributed by atoms with Crippen molar-refractivity contribution in [1.82, 2.24) is 9.55 Å². The molecule has 10 nitrogen and oxygen atoms in total. The molecule has 0 aliphatic carbocycles. The average Bonchev–Trinajstić information content (AvgIpc) is 3.32. The number of carbonyl (C=O) groups is 1. The van der Waals surface area contributed by atoms with Crippen LogP contribution in [-0.4, -0.2) is 34.3 Å². The summed E-state index contributed by atoms with van der Waals surface area (Å²) in [5.74, 6) is 0.884. The lowest BCUT2D eigenvalue weighted by molar-refractivity contribution is -0.172. The number of aliphatic hydroxyl groups is 1. The third kappa shape index (κ3) is 4.68. The van der Waals surface area contributed by atoms with E-state index in [2.05, 4.69) is 0 Å². The van der Waals surface area contributed by atoms with Crippen LogP contribution in [0.5, 0.6) is 17.2 Å². The van der Waals surface area contributed by atoms with Gasteiger partial charge in [-0.05, 0) is 67.9 Å². The number of methoxy groups -OCH3 is 1. The molecule has 2 aliphatic heterocycles. The van der Waals surface area contributed by atoms with E-state index in [1.54, 1.807) is 67.1 Å². The number of cyclic esters (lactones) is 1. The highest BCUT2D eigenvalue weighted by Crippen LogP contribution is 2.50. The van der Waals surface area contributed by atoms with Crippen molar-refractivity contribution in [3.63, 3.8) is 0 Å². The zero-order chi connectivity index (χ0) is 28.9. The lowest BCUT2D eigenvalue weighted by Crippen LogP contribution is -2.44. The Morgan fingerprint density at radius 3 is 2.46 bits per heavy atom. The van der Waals surface area contributed by atoms with Gasteiger partial charge in [0.25, 0.3) is 5.56 Å².